The van der Waals surface area contributed by atoms with Gasteiger partial charge in [0.15, 0.2) is 0 Å². The maximum atomic E-state index is 12.2. The van der Waals surface area contributed by atoms with E-state index in [1.807, 2.05) is 0 Å². The van der Waals surface area contributed by atoms with E-state index in [0.29, 0.717) is 0 Å². The molecule has 1 rings (SSSR count). The van der Waals surface area contributed by atoms with Crippen LogP contribution in [0, 0.1) is 5.92 Å². The topological polar surface area (TPSA) is 37.3 Å². The number of hydrogen-bond acceptors (Lipinski definition) is 1. The molecule has 0 aromatic rings. The van der Waals surface area contributed by atoms with Crippen LogP contribution in [0.4, 0.5) is 4.20 Å². The van der Waals surface area contributed by atoms with Gasteiger partial charge in [0.25, 0.3) is 0 Å². The average Bonchev–Trinajstić information content (AvgIpc) is 2.12. The zero-order chi connectivity index (χ0) is 7.61. The van der Waals surface area contributed by atoms with Crippen LogP contribution in [-0.2, 0) is 4.57 Å². The maximum Gasteiger partial charge on any atom is 0.365 e. The van der Waals surface area contributed by atoms with Crippen LogP contribution in [-0.4, -0.2) is 11.1 Å². The second-order valence-electron chi connectivity index (χ2n) is 2.95. The first-order valence-electron chi connectivity index (χ1n) is 3.59. The minimum Gasteiger partial charge on any atom is -0.321 e. The first-order chi connectivity index (χ1) is 4.58. The molecule has 1 atom stereocenters. The molecule has 0 bridgehead atoms. The molecule has 4 heteroatoms. The van der Waals surface area contributed by atoms with E-state index in [1.165, 1.54) is 0 Å². The van der Waals surface area contributed by atoms with Crippen LogP contribution >= 0.6 is 7.68 Å². The van der Waals surface area contributed by atoms with Gasteiger partial charge in [-0.25, -0.2) is 0 Å². The van der Waals surface area contributed by atoms with Crippen LogP contribution < -0.4 is 0 Å². The highest BCUT2D eigenvalue weighted by Crippen LogP contribution is 2.47. The van der Waals surface area contributed by atoms with E-state index < -0.39 is 7.68 Å². The largest absolute Gasteiger partial charge is 0.365 e. The predicted octanol–water partition coefficient (Wildman–Crippen LogP) is 2.33. The number of hydrogen-bond donors (Lipinski definition) is 1. The molecule has 0 aliphatic heterocycles. The van der Waals surface area contributed by atoms with Crippen molar-refractivity contribution in [2.45, 2.75) is 25.7 Å². The summed E-state index contributed by atoms with van der Waals surface area (Å²) in [5, 5.41) is 0. The van der Waals surface area contributed by atoms with Crippen molar-refractivity contribution in [1.29, 1.82) is 0 Å². The van der Waals surface area contributed by atoms with Crippen molar-refractivity contribution in [2.24, 2.45) is 5.92 Å². The lowest BCUT2D eigenvalue weighted by Gasteiger charge is -2.06. The molecule has 0 aromatic carbocycles. The normalized spacial score (nSPS) is 26.6. The molecule has 2 nitrogen and oxygen atoms in total. The van der Waals surface area contributed by atoms with Crippen LogP contribution in [0.2, 0.25) is 0 Å². The Kier molecular flexibility index (Phi) is 2.48. The lowest BCUT2D eigenvalue weighted by molar-refractivity contribution is 0.414. The Bertz CT molecular complexity index is 148. The quantitative estimate of drug-likeness (QED) is 0.639. The van der Waals surface area contributed by atoms with Gasteiger partial charge in [0.05, 0.1) is 6.16 Å². The van der Waals surface area contributed by atoms with E-state index >= 15 is 0 Å². The van der Waals surface area contributed by atoms with Gasteiger partial charge in [-0.05, 0) is 18.8 Å². The minimum absolute atomic E-state index is 0.118. The minimum atomic E-state index is -4.21. The fourth-order valence-corrected chi connectivity index (χ4v) is 2.51. The monoisotopic (exact) mass is 166 g/mol. The van der Waals surface area contributed by atoms with E-state index in [2.05, 4.69) is 0 Å². The lowest BCUT2D eigenvalue weighted by Crippen LogP contribution is -1.98. The Morgan fingerprint density at radius 2 is 2.00 bits per heavy atom. The summed E-state index contributed by atoms with van der Waals surface area (Å²) in [6.45, 7) is 0. The van der Waals surface area contributed by atoms with Crippen LogP contribution in [0.3, 0.4) is 0 Å². The molecule has 0 amide bonds. The van der Waals surface area contributed by atoms with Crippen LogP contribution in [0.1, 0.15) is 25.7 Å². The van der Waals surface area contributed by atoms with Gasteiger partial charge in [0.1, 0.15) is 0 Å². The summed E-state index contributed by atoms with van der Waals surface area (Å²) >= 11 is 0. The van der Waals surface area contributed by atoms with Gasteiger partial charge >= 0.3 is 7.68 Å². The molecule has 60 valence electrons. The molecule has 0 saturated heterocycles. The highest BCUT2D eigenvalue weighted by molar-refractivity contribution is 7.52. The molecule has 0 spiro atoms. The van der Waals surface area contributed by atoms with E-state index in [-0.39, 0.29) is 12.1 Å². The van der Waals surface area contributed by atoms with Gasteiger partial charge < -0.3 is 4.89 Å². The highest BCUT2D eigenvalue weighted by Gasteiger charge is 2.25. The summed E-state index contributed by atoms with van der Waals surface area (Å²) in [5.41, 5.74) is 0. The van der Waals surface area contributed by atoms with Crippen molar-refractivity contribution in [2.75, 3.05) is 6.16 Å². The van der Waals surface area contributed by atoms with Gasteiger partial charge in [0.2, 0.25) is 0 Å². The molecular formula is C6H12FO2P. The van der Waals surface area contributed by atoms with E-state index in [0.717, 1.165) is 25.7 Å². The molecule has 0 radical (unpaired) electrons. The van der Waals surface area contributed by atoms with Crippen molar-refractivity contribution in [1.82, 2.24) is 0 Å². The van der Waals surface area contributed by atoms with Crippen molar-refractivity contribution in [3.63, 3.8) is 0 Å². The Hall–Kier alpha value is 0.120. The molecule has 1 aliphatic rings. The Morgan fingerprint density at radius 1 is 1.50 bits per heavy atom. The van der Waals surface area contributed by atoms with Crippen molar-refractivity contribution in [3.8, 4) is 0 Å². The molecule has 1 fully saturated rings. The second-order valence-corrected chi connectivity index (χ2v) is 4.55. The summed E-state index contributed by atoms with van der Waals surface area (Å²) in [6.07, 6.45) is 3.91. The first-order valence-corrected chi connectivity index (χ1v) is 5.33. The summed E-state index contributed by atoms with van der Waals surface area (Å²) in [6, 6.07) is 0. The summed E-state index contributed by atoms with van der Waals surface area (Å²) in [5.74, 6) is 0.167. The highest BCUT2D eigenvalue weighted by atomic mass is 31.2. The van der Waals surface area contributed by atoms with Gasteiger partial charge in [-0.3, -0.25) is 4.57 Å². The summed E-state index contributed by atoms with van der Waals surface area (Å²) in [7, 11) is -4.21. The van der Waals surface area contributed by atoms with Crippen LogP contribution in [0.5, 0.6) is 0 Å². The predicted molar refractivity (Wildman–Crippen MR) is 37.8 cm³/mol. The Balaban J connectivity index is 2.31. The van der Waals surface area contributed by atoms with Crippen LogP contribution in [0.25, 0.3) is 0 Å². The molecule has 1 unspecified atom stereocenters. The third-order valence-electron chi connectivity index (χ3n) is 1.96. The van der Waals surface area contributed by atoms with Gasteiger partial charge in [-0.15, -0.1) is 0 Å². The second kappa shape index (κ2) is 3.02. The van der Waals surface area contributed by atoms with Crippen molar-refractivity contribution < 1.29 is 13.7 Å². The number of halogens is 1. The fraction of sp³-hybridized carbons (Fsp3) is 1.00. The van der Waals surface area contributed by atoms with Gasteiger partial charge in [0, 0.05) is 0 Å². The first kappa shape index (κ1) is 8.22. The summed E-state index contributed by atoms with van der Waals surface area (Å²) < 4.78 is 22.4. The van der Waals surface area contributed by atoms with E-state index in [9.17, 15) is 8.76 Å². The van der Waals surface area contributed by atoms with Gasteiger partial charge in [-0.2, -0.15) is 4.20 Å². The van der Waals surface area contributed by atoms with Crippen molar-refractivity contribution >= 4 is 7.68 Å². The molecule has 1 N–H and O–H groups in total. The lowest BCUT2D eigenvalue weighted by atomic mass is 10.1. The smallest absolute Gasteiger partial charge is 0.321 e. The standard InChI is InChI=1S/C6H12FO2P/c7-10(8,9)5-6-3-1-2-4-6/h6H,1-5H2,(H,8,9). The average molecular weight is 166 g/mol. The maximum absolute atomic E-state index is 12.2. The molecule has 0 heterocycles. The molecular weight excluding hydrogens is 154 g/mol. The SMILES string of the molecule is O=P(O)(F)CC1CCCC1. The molecule has 1 saturated carbocycles. The summed E-state index contributed by atoms with van der Waals surface area (Å²) in [4.78, 5) is 8.37. The van der Waals surface area contributed by atoms with Gasteiger partial charge in [-0.1, -0.05) is 12.8 Å². The van der Waals surface area contributed by atoms with E-state index in [4.69, 9.17) is 4.89 Å². The third kappa shape index (κ3) is 2.80. The molecule has 0 aromatic heterocycles. The number of rotatable bonds is 2. The zero-order valence-corrected chi connectivity index (χ0v) is 6.69. The Morgan fingerprint density at radius 3 is 2.40 bits per heavy atom. The molecule has 10 heavy (non-hydrogen) atoms. The fourth-order valence-electron chi connectivity index (χ4n) is 1.51. The Labute approximate surface area is 60.0 Å². The van der Waals surface area contributed by atoms with E-state index in [1.54, 1.807) is 0 Å². The zero-order valence-electron chi connectivity index (χ0n) is 5.79. The van der Waals surface area contributed by atoms with Crippen molar-refractivity contribution in [3.05, 3.63) is 0 Å². The molecule has 1 aliphatic carbocycles. The third-order valence-corrected chi connectivity index (χ3v) is 2.92. The van der Waals surface area contributed by atoms with Crippen LogP contribution in [0.15, 0.2) is 0 Å².